The van der Waals surface area contributed by atoms with Gasteiger partial charge < -0.3 is 30.3 Å². The van der Waals surface area contributed by atoms with Crippen molar-refractivity contribution in [3.63, 3.8) is 0 Å². The van der Waals surface area contributed by atoms with Crippen molar-refractivity contribution < 1.29 is 33.4 Å². The first-order valence-electron chi connectivity index (χ1n) is 15.2. The number of thiophene rings is 1. The summed E-state index contributed by atoms with van der Waals surface area (Å²) in [5, 5.41) is 8.80. The van der Waals surface area contributed by atoms with Crippen LogP contribution in [0.5, 0.6) is 5.75 Å². The first-order chi connectivity index (χ1) is 23.6. The number of carbonyl (C=O) groups excluding carboxylic acids is 5. The topological polar surface area (TPSA) is 143 Å². The number of carbonyl (C=O) groups is 5. The van der Waals surface area contributed by atoms with Crippen molar-refractivity contribution in [2.75, 3.05) is 37.2 Å². The van der Waals surface area contributed by atoms with E-state index in [-0.39, 0.29) is 23.3 Å². The Hall–Kier alpha value is -5.40. The molecule has 1 aromatic heterocycles. The van der Waals surface area contributed by atoms with Gasteiger partial charge in [-0.25, -0.2) is 4.79 Å². The number of esters is 1. The van der Waals surface area contributed by atoms with Gasteiger partial charge in [-0.2, -0.15) is 0 Å². The molecule has 0 aliphatic carbocycles. The molecule has 0 atom stereocenters. The van der Waals surface area contributed by atoms with Crippen LogP contribution in [0.1, 0.15) is 43.6 Å². The molecule has 0 bridgehead atoms. The molecule has 1 aliphatic heterocycles. The molecule has 0 saturated carbocycles. The summed E-state index contributed by atoms with van der Waals surface area (Å²) in [4.78, 5) is 67.4. The summed E-state index contributed by atoms with van der Waals surface area (Å²) in [6.45, 7) is 2.35. The Balaban J connectivity index is 1.27. The second-order valence-electron chi connectivity index (χ2n) is 10.9. The Labute approximate surface area is 291 Å². The third-order valence-electron chi connectivity index (χ3n) is 7.54. The van der Waals surface area contributed by atoms with E-state index in [2.05, 4.69) is 16.0 Å². The maximum atomic E-state index is 13.5. The summed E-state index contributed by atoms with van der Waals surface area (Å²) in [5.74, 6) is -1.31. The van der Waals surface area contributed by atoms with Gasteiger partial charge in [0.15, 0.2) is 0 Å². The fourth-order valence-electron chi connectivity index (χ4n) is 5.09. The third kappa shape index (κ3) is 8.95. The molecule has 4 aromatic rings. The fourth-order valence-corrected chi connectivity index (χ4v) is 7.11. The van der Waals surface area contributed by atoms with Gasteiger partial charge in [0.2, 0.25) is 11.8 Å². The second-order valence-corrected chi connectivity index (χ2v) is 13.0. The third-order valence-corrected chi connectivity index (χ3v) is 9.67. The van der Waals surface area contributed by atoms with Gasteiger partial charge in [0.25, 0.3) is 11.8 Å². The molecule has 252 valence electrons. The lowest BCUT2D eigenvalue weighted by Gasteiger charge is -2.25. The molecule has 0 saturated heterocycles. The number of anilines is 2. The number of hydrogen-bond donors (Lipinski definition) is 3. The number of benzene rings is 3. The number of ether oxygens (including phenoxy) is 2. The van der Waals surface area contributed by atoms with Crippen molar-refractivity contribution in [2.45, 2.75) is 24.8 Å². The van der Waals surface area contributed by atoms with Crippen LogP contribution in [-0.4, -0.2) is 61.0 Å². The largest absolute Gasteiger partial charge is 0.497 e. The number of thioether (sulfide) groups is 1. The number of rotatable bonds is 11. The number of nitrogens with one attached hydrogen (secondary N) is 3. The number of nitrogens with zero attached hydrogens (tertiary/aromatic N) is 1. The van der Waals surface area contributed by atoms with Gasteiger partial charge >= 0.3 is 5.97 Å². The zero-order chi connectivity index (χ0) is 34.9. The Morgan fingerprint density at radius 1 is 0.939 bits per heavy atom. The van der Waals surface area contributed by atoms with E-state index in [1.54, 1.807) is 96.9 Å². The van der Waals surface area contributed by atoms with Crippen LogP contribution in [0.25, 0.3) is 6.08 Å². The van der Waals surface area contributed by atoms with Gasteiger partial charge in [-0.05, 0) is 66.1 Å². The predicted molar refractivity (Wildman–Crippen MR) is 190 cm³/mol. The zero-order valence-electron chi connectivity index (χ0n) is 27.0. The van der Waals surface area contributed by atoms with E-state index in [4.69, 9.17) is 9.47 Å². The summed E-state index contributed by atoms with van der Waals surface area (Å²) in [7, 11) is 2.83. The highest BCUT2D eigenvalue weighted by Gasteiger charge is 2.30. The van der Waals surface area contributed by atoms with Crippen molar-refractivity contribution in [3.05, 3.63) is 112 Å². The van der Waals surface area contributed by atoms with E-state index in [9.17, 15) is 24.0 Å². The van der Waals surface area contributed by atoms with Crippen molar-refractivity contribution in [3.8, 4) is 5.75 Å². The van der Waals surface area contributed by atoms with Crippen LogP contribution in [0.3, 0.4) is 0 Å². The minimum Gasteiger partial charge on any atom is -0.497 e. The Morgan fingerprint density at radius 2 is 1.71 bits per heavy atom. The molecule has 4 amide bonds. The normalized spacial score (nSPS) is 12.4. The molecular formula is C36H34N4O7S2. The first-order valence-corrected chi connectivity index (χ1v) is 17.0. The molecule has 5 rings (SSSR count). The number of methoxy groups -OCH3 is 2. The average molecular weight is 699 g/mol. The van der Waals surface area contributed by atoms with E-state index < -0.39 is 17.8 Å². The van der Waals surface area contributed by atoms with Crippen LogP contribution in [-0.2, 0) is 32.1 Å². The van der Waals surface area contributed by atoms with Crippen LogP contribution in [0.4, 0.5) is 10.7 Å². The smallest absolute Gasteiger partial charge is 0.341 e. The van der Waals surface area contributed by atoms with Crippen molar-refractivity contribution in [1.82, 2.24) is 10.2 Å². The zero-order valence-corrected chi connectivity index (χ0v) is 28.7. The SMILES string of the molecule is COC(=O)c1c(NC(=O)CSc2cccc(NC(=O)/C(=C/c3cccc(OC)c3)NC(=O)c3ccccc3)c2)sc2c1CCN(C(C)=O)C2. The second kappa shape index (κ2) is 16.1. The van der Waals surface area contributed by atoms with Crippen molar-refractivity contribution in [2.24, 2.45) is 0 Å². The molecule has 0 unspecified atom stereocenters. The maximum Gasteiger partial charge on any atom is 0.341 e. The van der Waals surface area contributed by atoms with Crippen LogP contribution in [0.2, 0.25) is 0 Å². The number of fused-ring (bicyclic) bond motifs is 1. The van der Waals surface area contributed by atoms with Gasteiger partial charge in [0, 0.05) is 34.5 Å². The monoisotopic (exact) mass is 698 g/mol. The lowest BCUT2D eigenvalue weighted by atomic mass is 10.0. The van der Waals surface area contributed by atoms with Gasteiger partial charge in [-0.15, -0.1) is 23.1 Å². The molecule has 3 N–H and O–H groups in total. The van der Waals surface area contributed by atoms with Gasteiger partial charge in [0.05, 0.1) is 32.1 Å². The predicted octanol–water partition coefficient (Wildman–Crippen LogP) is 5.59. The highest BCUT2D eigenvalue weighted by molar-refractivity contribution is 8.00. The lowest BCUT2D eigenvalue weighted by molar-refractivity contribution is -0.129. The summed E-state index contributed by atoms with van der Waals surface area (Å²) >= 11 is 2.51. The molecule has 1 aliphatic rings. The molecule has 13 heteroatoms. The minimum absolute atomic E-state index is 0.0195. The highest BCUT2D eigenvalue weighted by atomic mass is 32.2. The van der Waals surface area contributed by atoms with Gasteiger partial charge in [-0.3, -0.25) is 19.2 Å². The first kappa shape index (κ1) is 34.9. The quantitative estimate of drug-likeness (QED) is 0.105. The number of hydrogen-bond acceptors (Lipinski definition) is 9. The number of amides is 4. The molecular weight excluding hydrogens is 665 g/mol. The van der Waals surface area contributed by atoms with Crippen LogP contribution in [0.15, 0.2) is 89.5 Å². The Bertz CT molecular complexity index is 1920. The average Bonchev–Trinajstić information content (AvgIpc) is 3.47. The van der Waals surface area contributed by atoms with E-state index in [0.29, 0.717) is 57.5 Å². The molecule has 0 spiro atoms. The molecule has 49 heavy (non-hydrogen) atoms. The van der Waals surface area contributed by atoms with Crippen molar-refractivity contribution >= 4 is 69.5 Å². The lowest BCUT2D eigenvalue weighted by Crippen LogP contribution is -2.33. The highest BCUT2D eigenvalue weighted by Crippen LogP contribution is 2.38. The summed E-state index contributed by atoms with van der Waals surface area (Å²) < 4.78 is 10.3. The molecule has 3 aromatic carbocycles. The summed E-state index contributed by atoms with van der Waals surface area (Å²) in [6, 6.07) is 22.6. The fraction of sp³-hybridized carbons (Fsp3) is 0.194. The molecule has 2 heterocycles. The van der Waals surface area contributed by atoms with E-state index in [1.165, 1.54) is 37.1 Å². The molecule has 0 radical (unpaired) electrons. The van der Waals surface area contributed by atoms with Crippen LogP contribution in [0, 0.1) is 0 Å². The molecule has 11 nitrogen and oxygen atoms in total. The van der Waals surface area contributed by atoms with E-state index in [0.717, 1.165) is 10.4 Å². The van der Waals surface area contributed by atoms with Crippen LogP contribution < -0.4 is 20.7 Å². The maximum absolute atomic E-state index is 13.5. The van der Waals surface area contributed by atoms with Gasteiger partial charge in [-0.1, -0.05) is 36.4 Å². The van der Waals surface area contributed by atoms with E-state index >= 15 is 0 Å². The summed E-state index contributed by atoms with van der Waals surface area (Å²) in [6.07, 6.45) is 2.05. The minimum atomic E-state index is -0.549. The van der Waals surface area contributed by atoms with Gasteiger partial charge in [0.1, 0.15) is 16.4 Å². The Morgan fingerprint density at radius 3 is 2.45 bits per heavy atom. The van der Waals surface area contributed by atoms with Crippen LogP contribution >= 0.6 is 23.1 Å². The van der Waals surface area contributed by atoms with E-state index in [1.807, 2.05) is 0 Å². The molecule has 0 fully saturated rings. The van der Waals surface area contributed by atoms with Crippen molar-refractivity contribution in [1.29, 1.82) is 0 Å². The Kier molecular flexibility index (Phi) is 11.5. The standard InChI is InChI=1S/C36H34N4O7S2/c1-22(41)40-16-15-28-30(20-40)49-35(32(28)36(45)47-3)39-31(42)21-48-27-14-8-12-25(19-27)37-34(44)29(18-23-9-7-13-26(17-23)46-2)38-33(43)24-10-5-4-6-11-24/h4-14,17-19H,15-16,20-21H2,1-3H3,(H,37,44)(H,38,43)(H,39,42)/b29-18-. The summed E-state index contributed by atoms with van der Waals surface area (Å²) in [5.41, 5.74) is 2.63.